The van der Waals surface area contributed by atoms with Crippen LogP contribution in [0.5, 0.6) is 0 Å². The third kappa shape index (κ3) is 3.54. The highest BCUT2D eigenvalue weighted by molar-refractivity contribution is 5.96. The smallest absolute Gasteiger partial charge is 0.328 e. The van der Waals surface area contributed by atoms with Crippen LogP contribution in [-0.4, -0.2) is 31.7 Å². The number of nitrogens with zero attached hydrogens (tertiary/aromatic N) is 1. The normalized spacial score (nSPS) is 14.8. The van der Waals surface area contributed by atoms with Crippen LogP contribution in [-0.2, 0) is 16.0 Å². The first-order valence-corrected chi connectivity index (χ1v) is 7.26. The molecule has 0 spiro atoms. The van der Waals surface area contributed by atoms with E-state index in [-0.39, 0.29) is 6.03 Å². The van der Waals surface area contributed by atoms with E-state index >= 15 is 0 Å². The number of anilines is 1. The number of nitrogens with one attached hydrogen (secondary N) is 1. The molecule has 0 saturated carbocycles. The quantitative estimate of drug-likeness (QED) is 0.866. The molecule has 1 heterocycles. The van der Waals surface area contributed by atoms with Crippen LogP contribution in [0, 0.1) is 5.92 Å². The van der Waals surface area contributed by atoms with Crippen molar-refractivity contribution in [3.05, 3.63) is 29.8 Å². The zero-order valence-electron chi connectivity index (χ0n) is 12.8. The van der Waals surface area contributed by atoms with Crippen LogP contribution < -0.4 is 10.2 Å². The third-order valence-electron chi connectivity index (χ3n) is 3.62. The average molecular weight is 290 g/mol. The fourth-order valence-electron chi connectivity index (χ4n) is 2.60. The summed E-state index contributed by atoms with van der Waals surface area (Å²) in [4.78, 5) is 25.9. The Labute approximate surface area is 125 Å². The maximum atomic E-state index is 12.4. The van der Waals surface area contributed by atoms with Crippen LogP contribution in [0.15, 0.2) is 24.3 Å². The second-order valence-electron chi connectivity index (χ2n) is 5.69. The molecule has 0 aromatic heterocycles. The van der Waals surface area contributed by atoms with E-state index in [0.29, 0.717) is 18.9 Å². The number of urea groups is 1. The van der Waals surface area contributed by atoms with Crippen LogP contribution in [0.1, 0.15) is 25.8 Å². The summed E-state index contributed by atoms with van der Waals surface area (Å²) >= 11 is 0. The number of amides is 2. The summed E-state index contributed by atoms with van der Waals surface area (Å²) in [5.74, 6) is -0.107. The number of benzene rings is 1. The van der Waals surface area contributed by atoms with Crippen molar-refractivity contribution < 1.29 is 14.3 Å². The topological polar surface area (TPSA) is 58.6 Å². The fraction of sp³-hybridized carbons (Fsp3) is 0.500. The maximum Gasteiger partial charge on any atom is 0.328 e. The maximum absolute atomic E-state index is 12.4. The predicted octanol–water partition coefficient (Wildman–Crippen LogP) is 2.35. The van der Waals surface area contributed by atoms with Gasteiger partial charge in [0.05, 0.1) is 7.11 Å². The second-order valence-corrected chi connectivity index (χ2v) is 5.69. The van der Waals surface area contributed by atoms with Crippen molar-refractivity contribution in [2.24, 2.45) is 5.92 Å². The Kier molecular flexibility index (Phi) is 4.83. The number of esters is 1. The number of hydrogen-bond donors (Lipinski definition) is 1. The van der Waals surface area contributed by atoms with Gasteiger partial charge in [-0.2, -0.15) is 0 Å². The second kappa shape index (κ2) is 6.61. The highest BCUT2D eigenvalue weighted by Gasteiger charge is 2.29. The summed E-state index contributed by atoms with van der Waals surface area (Å²) in [5, 5.41) is 2.79. The molecule has 1 aliphatic heterocycles. The molecule has 21 heavy (non-hydrogen) atoms. The molecule has 5 nitrogen and oxygen atoms in total. The molecule has 0 unspecified atom stereocenters. The summed E-state index contributed by atoms with van der Waals surface area (Å²) in [7, 11) is 1.34. The van der Waals surface area contributed by atoms with Crippen LogP contribution in [0.25, 0.3) is 0 Å². The summed E-state index contributed by atoms with van der Waals surface area (Å²) in [6.07, 6.45) is 1.41. The molecule has 0 saturated heterocycles. The first kappa shape index (κ1) is 15.4. The lowest BCUT2D eigenvalue weighted by Gasteiger charge is -2.23. The molecule has 114 valence electrons. The lowest BCUT2D eigenvalue weighted by Crippen LogP contribution is -2.48. The van der Waals surface area contributed by atoms with Gasteiger partial charge in [-0.25, -0.2) is 9.59 Å². The van der Waals surface area contributed by atoms with Crippen LogP contribution in [0.4, 0.5) is 10.5 Å². The van der Waals surface area contributed by atoms with Crippen molar-refractivity contribution in [2.45, 2.75) is 32.7 Å². The van der Waals surface area contributed by atoms with Crippen LogP contribution >= 0.6 is 0 Å². The van der Waals surface area contributed by atoms with Gasteiger partial charge in [-0.05, 0) is 30.4 Å². The Hall–Kier alpha value is -2.04. The van der Waals surface area contributed by atoms with Gasteiger partial charge in [0, 0.05) is 12.2 Å². The number of fused-ring (bicyclic) bond motifs is 1. The Balaban J connectivity index is 2.08. The van der Waals surface area contributed by atoms with Gasteiger partial charge in [0.1, 0.15) is 6.04 Å². The van der Waals surface area contributed by atoms with Gasteiger partial charge in [-0.15, -0.1) is 0 Å². The Morgan fingerprint density at radius 2 is 2.05 bits per heavy atom. The number of ether oxygens (including phenoxy) is 1. The molecule has 5 heteroatoms. The van der Waals surface area contributed by atoms with Gasteiger partial charge in [-0.3, -0.25) is 4.90 Å². The van der Waals surface area contributed by atoms with Crippen molar-refractivity contribution in [2.75, 3.05) is 18.6 Å². The molecule has 0 fully saturated rings. The first-order valence-electron chi connectivity index (χ1n) is 7.26. The fourth-order valence-corrected chi connectivity index (χ4v) is 2.60. The van der Waals surface area contributed by atoms with Crippen LogP contribution in [0.3, 0.4) is 0 Å². The van der Waals surface area contributed by atoms with E-state index in [4.69, 9.17) is 4.74 Å². The third-order valence-corrected chi connectivity index (χ3v) is 3.62. The van der Waals surface area contributed by atoms with Gasteiger partial charge < -0.3 is 10.1 Å². The van der Waals surface area contributed by atoms with Crippen molar-refractivity contribution >= 4 is 17.7 Å². The lowest BCUT2D eigenvalue weighted by atomic mass is 10.0. The molecule has 1 aliphatic rings. The molecule has 2 amide bonds. The van der Waals surface area contributed by atoms with Crippen molar-refractivity contribution in [3.8, 4) is 0 Å². The van der Waals surface area contributed by atoms with Gasteiger partial charge in [0.2, 0.25) is 0 Å². The molecule has 1 aromatic carbocycles. The molecule has 0 bridgehead atoms. The highest BCUT2D eigenvalue weighted by Crippen LogP contribution is 2.27. The van der Waals surface area contributed by atoms with Crippen molar-refractivity contribution in [1.82, 2.24) is 5.32 Å². The predicted molar refractivity (Wildman–Crippen MR) is 81.3 cm³/mol. The van der Waals surface area contributed by atoms with Gasteiger partial charge in [0.25, 0.3) is 0 Å². The molecule has 1 aromatic rings. The number of carbonyl (C=O) groups is 2. The summed E-state index contributed by atoms with van der Waals surface area (Å²) in [6.45, 7) is 4.65. The van der Waals surface area contributed by atoms with E-state index in [1.165, 1.54) is 7.11 Å². The summed E-state index contributed by atoms with van der Waals surface area (Å²) < 4.78 is 4.77. The number of hydrogen-bond acceptors (Lipinski definition) is 3. The molecule has 0 radical (unpaired) electrons. The first-order chi connectivity index (χ1) is 10.0. The van der Waals surface area contributed by atoms with E-state index < -0.39 is 12.0 Å². The van der Waals surface area contributed by atoms with E-state index in [9.17, 15) is 9.59 Å². The zero-order valence-corrected chi connectivity index (χ0v) is 12.8. The van der Waals surface area contributed by atoms with Crippen LogP contribution in [0.2, 0.25) is 0 Å². The average Bonchev–Trinajstić information content (AvgIpc) is 2.89. The highest BCUT2D eigenvalue weighted by atomic mass is 16.5. The molecule has 0 aliphatic carbocycles. The zero-order chi connectivity index (χ0) is 15.4. The monoisotopic (exact) mass is 290 g/mol. The number of para-hydroxylation sites is 1. The SMILES string of the molecule is COC(=O)[C@H](CC(C)C)NC(=O)N1CCc2ccccc21. The molecular formula is C16H22N2O3. The van der Waals surface area contributed by atoms with E-state index in [1.807, 2.05) is 38.1 Å². The lowest BCUT2D eigenvalue weighted by molar-refractivity contribution is -0.143. The molecule has 1 N–H and O–H groups in total. The molecule has 1 atom stereocenters. The Bertz CT molecular complexity index is 528. The molecule has 2 rings (SSSR count). The van der Waals surface area contributed by atoms with E-state index in [1.54, 1.807) is 4.90 Å². The van der Waals surface area contributed by atoms with Crippen molar-refractivity contribution in [1.29, 1.82) is 0 Å². The Morgan fingerprint density at radius 3 is 2.71 bits per heavy atom. The number of rotatable bonds is 4. The minimum absolute atomic E-state index is 0.240. The molecular weight excluding hydrogens is 268 g/mol. The van der Waals surface area contributed by atoms with Gasteiger partial charge in [-0.1, -0.05) is 32.0 Å². The largest absolute Gasteiger partial charge is 0.467 e. The minimum Gasteiger partial charge on any atom is -0.467 e. The van der Waals surface area contributed by atoms with Gasteiger partial charge in [0.15, 0.2) is 0 Å². The minimum atomic E-state index is -0.602. The van der Waals surface area contributed by atoms with Crippen molar-refractivity contribution in [3.63, 3.8) is 0 Å². The van der Waals surface area contributed by atoms with E-state index in [0.717, 1.165) is 17.7 Å². The summed E-state index contributed by atoms with van der Waals surface area (Å²) in [6, 6.07) is 6.99. The number of methoxy groups -OCH3 is 1. The van der Waals surface area contributed by atoms with E-state index in [2.05, 4.69) is 5.32 Å². The Morgan fingerprint density at radius 1 is 1.33 bits per heavy atom. The van der Waals surface area contributed by atoms with Gasteiger partial charge >= 0.3 is 12.0 Å². The standard InChI is InChI=1S/C16H22N2O3/c1-11(2)10-13(15(19)21-3)17-16(20)18-9-8-12-6-4-5-7-14(12)18/h4-7,11,13H,8-10H2,1-3H3,(H,17,20)/t13-/m0/s1. The number of carbonyl (C=O) groups excluding carboxylic acids is 2. The summed E-state index contributed by atoms with van der Waals surface area (Å²) in [5.41, 5.74) is 2.08.